The van der Waals surface area contributed by atoms with Gasteiger partial charge in [-0.3, -0.25) is 0 Å². The number of rotatable bonds is 4. The lowest BCUT2D eigenvalue weighted by molar-refractivity contribution is 0.291. The lowest BCUT2D eigenvalue weighted by atomic mass is 10.3. The van der Waals surface area contributed by atoms with Crippen molar-refractivity contribution in [2.45, 2.75) is 20.4 Å². The monoisotopic (exact) mass is 232 g/mol. The van der Waals surface area contributed by atoms with Crippen molar-refractivity contribution in [1.82, 2.24) is 14.8 Å². The molecule has 1 aromatic heterocycles. The van der Waals surface area contributed by atoms with Crippen LogP contribution in [0.2, 0.25) is 0 Å². The fourth-order valence-corrected chi connectivity index (χ4v) is 1.63. The van der Waals surface area contributed by atoms with Crippen LogP contribution in [0.1, 0.15) is 11.6 Å². The van der Waals surface area contributed by atoms with Crippen molar-refractivity contribution < 1.29 is 4.74 Å². The summed E-state index contributed by atoms with van der Waals surface area (Å²) in [6.45, 7) is 5.00. The van der Waals surface area contributed by atoms with Crippen LogP contribution in [0.4, 0.5) is 5.69 Å². The minimum Gasteiger partial charge on any atom is -0.489 e. The van der Waals surface area contributed by atoms with E-state index in [1.165, 1.54) is 0 Å². The number of nitrogens with zero attached hydrogens (tertiary/aromatic N) is 3. The molecule has 0 amide bonds. The molecule has 0 radical (unpaired) electrons. The summed E-state index contributed by atoms with van der Waals surface area (Å²) in [6, 6.07) is 7.46. The van der Waals surface area contributed by atoms with Crippen LogP contribution < -0.4 is 10.5 Å². The number of nitrogen functional groups attached to an aromatic ring is 1. The van der Waals surface area contributed by atoms with Crippen molar-refractivity contribution in [3.05, 3.63) is 35.9 Å². The van der Waals surface area contributed by atoms with Gasteiger partial charge in [0.25, 0.3) is 0 Å². The van der Waals surface area contributed by atoms with E-state index in [1.807, 2.05) is 42.8 Å². The van der Waals surface area contributed by atoms with Gasteiger partial charge in [0.15, 0.2) is 0 Å². The largest absolute Gasteiger partial charge is 0.489 e. The standard InChI is InChI=1S/C12H16N4O/c1-9-14-10(2)16(15-9)7-8-17-12-6-4-3-5-11(12)13/h3-6H,7-8,13H2,1-2H3. The quantitative estimate of drug-likeness (QED) is 0.812. The molecule has 0 fully saturated rings. The molecule has 2 rings (SSSR count). The second-order valence-electron chi connectivity index (χ2n) is 3.82. The van der Waals surface area contributed by atoms with Crippen LogP contribution >= 0.6 is 0 Å². The second kappa shape index (κ2) is 4.86. The Labute approximate surface area is 100 Å². The Morgan fingerprint density at radius 1 is 1.29 bits per heavy atom. The zero-order valence-electron chi connectivity index (χ0n) is 10.1. The maximum atomic E-state index is 5.77. The highest BCUT2D eigenvalue weighted by molar-refractivity contribution is 5.51. The third-order valence-corrected chi connectivity index (χ3v) is 2.44. The van der Waals surface area contributed by atoms with E-state index >= 15 is 0 Å². The van der Waals surface area contributed by atoms with Crippen molar-refractivity contribution in [1.29, 1.82) is 0 Å². The minimum absolute atomic E-state index is 0.526. The van der Waals surface area contributed by atoms with Gasteiger partial charge in [0.1, 0.15) is 24.0 Å². The minimum atomic E-state index is 0.526. The summed E-state index contributed by atoms with van der Waals surface area (Å²) in [4.78, 5) is 4.23. The zero-order valence-corrected chi connectivity index (χ0v) is 10.1. The molecule has 0 aliphatic rings. The Morgan fingerprint density at radius 3 is 2.71 bits per heavy atom. The molecule has 90 valence electrons. The van der Waals surface area contributed by atoms with Gasteiger partial charge in [0, 0.05) is 0 Å². The number of para-hydroxylation sites is 2. The van der Waals surface area contributed by atoms with Gasteiger partial charge in [-0.25, -0.2) is 9.67 Å². The fourth-order valence-electron chi connectivity index (χ4n) is 1.63. The number of benzene rings is 1. The molecule has 1 heterocycles. The van der Waals surface area contributed by atoms with Gasteiger partial charge in [0.05, 0.1) is 12.2 Å². The van der Waals surface area contributed by atoms with Gasteiger partial charge >= 0.3 is 0 Å². The Balaban J connectivity index is 1.92. The van der Waals surface area contributed by atoms with Crippen molar-refractivity contribution in [2.75, 3.05) is 12.3 Å². The van der Waals surface area contributed by atoms with E-state index in [2.05, 4.69) is 10.1 Å². The molecule has 17 heavy (non-hydrogen) atoms. The Hall–Kier alpha value is -2.04. The maximum absolute atomic E-state index is 5.77. The molecule has 0 saturated carbocycles. The summed E-state index contributed by atoms with van der Waals surface area (Å²) in [6.07, 6.45) is 0. The molecule has 0 atom stereocenters. The van der Waals surface area contributed by atoms with Gasteiger partial charge in [-0.2, -0.15) is 5.10 Å². The van der Waals surface area contributed by atoms with Gasteiger partial charge in [-0.1, -0.05) is 12.1 Å². The normalized spacial score (nSPS) is 10.5. The summed E-state index contributed by atoms with van der Waals surface area (Å²) in [5.41, 5.74) is 6.43. The Morgan fingerprint density at radius 2 is 2.06 bits per heavy atom. The van der Waals surface area contributed by atoms with Crippen LogP contribution in [0.25, 0.3) is 0 Å². The SMILES string of the molecule is Cc1nc(C)n(CCOc2ccccc2N)n1. The molecule has 0 aliphatic heterocycles. The zero-order chi connectivity index (χ0) is 12.3. The summed E-state index contributed by atoms with van der Waals surface area (Å²) in [5, 5.41) is 4.26. The molecule has 1 aromatic carbocycles. The molecule has 2 N–H and O–H groups in total. The molecule has 0 spiro atoms. The first-order valence-corrected chi connectivity index (χ1v) is 5.52. The molecular formula is C12H16N4O. The van der Waals surface area contributed by atoms with E-state index in [9.17, 15) is 0 Å². The Kier molecular flexibility index (Phi) is 3.27. The van der Waals surface area contributed by atoms with E-state index in [0.717, 1.165) is 11.6 Å². The van der Waals surface area contributed by atoms with Crippen LogP contribution in [-0.4, -0.2) is 21.4 Å². The average Bonchev–Trinajstić information content (AvgIpc) is 2.60. The van der Waals surface area contributed by atoms with Crippen molar-refractivity contribution in [3.63, 3.8) is 0 Å². The lowest BCUT2D eigenvalue weighted by Gasteiger charge is -2.08. The molecular weight excluding hydrogens is 216 g/mol. The molecule has 2 aromatic rings. The third kappa shape index (κ3) is 2.75. The van der Waals surface area contributed by atoms with E-state index in [-0.39, 0.29) is 0 Å². The number of ether oxygens (including phenoxy) is 1. The highest BCUT2D eigenvalue weighted by Gasteiger charge is 2.03. The fraction of sp³-hybridized carbons (Fsp3) is 0.333. The van der Waals surface area contributed by atoms with Crippen LogP contribution in [0.15, 0.2) is 24.3 Å². The van der Waals surface area contributed by atoms with Gasteiger partial charge in [0.2, 0.25) is 0 Å². The van der Waals surface area contributed by atoms with E-state index in [0.29, 0.717) is 24.6 Å². The highest BCUT2D eigenvalue weighted by Crippen LogP contribution is 2.19. The Bertz CT molecular complexity index is 507. The lowest BCUT2D eigenvalue weighted by Crippen LogP contribution is -2.11. The van der Waals surface area contributed by atoms with Crippen molar-refractivity contribution in [3.8, 4) is 5.75 Å². The number of aryl methyl sites for hydroxylation is 2. The molecule has 0 saturated heterocycles. The first-order valence-electron chi connectivity index (χ1n) is 5.52. The predicted molar refractivity (Wildman–Crippen MR) is 65.8 cm³/mol. The molecule has 5 nitrogen and oxygen atoms in total. The first kappa shape index (κ1) is 11.4. The average molecular weight is 232 g/mol. The summed E-state index contributed by atoms with van der Waals surface area (Å²) >= 11 is 0. The number of aromatic nitrogens is 3. The van der Waals surface area contributed by atoms with Crippen LogP contribution in [-0.2, 0) is 6.54 Å². The number of hydrogen-bond donors (Lipinski definition) is 1. The van der Waals surface area contributed by atoms with Gasteiger partial charge in [-0.15, -0.1) is 0 Å². The van der Waals surface area contributed by atoms with E-state index in [1.54, 1.807) is 0 Å². The highest BCUT2D eigenvalue weighted by atomic mass is 16.5. The number of anilines is 1. The van der Waals surface area contributed by atoms with Crippen molar-refractivity contribution in [2.24, 2.45) is 0 Å². The second-order valence-corrected chi connectivity index (χ2v) is 3.82. The van der Waals surface area contributed by atoms with E-state index < -0.39 is 0 Å². The topological polar surface area (TPSA) is 66.0 Å². The molecule has 0 bridgehead atoms. The summed E-state index contributed by atoms with van der Waals surface area (Å²) in [5.74, 6) is 2.39. The maximum Gasteiger partial charge on any atom is 0.147 e. The van der Waals surface area contributed by atoms with E-state index in [4.69, 9.17) is 10.5 Å². The van der Waals surface area contributed by atoms with Gasteiger partial charge in [-0.05, 0) is 26.0 Å². The van der Waals surface area contributed by atoms with Crippen LogP contribution in [0.5, 0.6) is 5.75 Å². The molecule has 0 aliphatic carbocycles. The predicted octanol–water partition coefficient (Wildman–Crippen LogP) is 1.56. The van der Waals surface area contributed by atoms with Crippen molar-refractivity contribution >= 4 is 5.69 Å². The molecule has 5 heteroatoms. The number of hydrogen-bond acceptors (Lipinski definition) is 4. The summed E-state index contributed by atoms with van der Waals surface area (Å²) in [7, 11) is 0. The smallest absolute Gasteiger partial charge is 0.147 e. The van der Waals surface area contributed by atoms with Crippen LogP contribution in [0.3, 0.4) is 0 Å². The first-order chi connectivity index (χ1) is 8.16. The summed E-state index contributed by atoms with van der Waals surface area (Å²) < 4.78 is 7.42. The van der Waals surface area contributed by atoms with Crippen LogP contribution in [0, 0.1) is 13.8 Å². The van der Waals surface area contributed by atoms with Gasteiger partial charge < -0.3 is 10.5 Å². The third-order valence-electron chi connectivity index (χ3n) is 2.44. The molecule has 0 unspecified atom stereocenters. The number of nitrogens with two attached hydrogens (primary N) is 1.